The summed E-state index contributed by atoms with van der Waals surface area (Å²) in [7, 11) is 0. The van der Waals surface area contributed by atoms with Crippen molar-refractivity contribution in [2.75, 3.05) is 0 Å². The van der Waals surface area contributed by atoms with Gasteiger partial charge in [-0.1, -0.05) is 0 Å². The Morgan fingerprint density at radius 1 is 0.500 bits per heavy atom. The Labute approximate surface area is 275 Å². The second kappa shape index (κ2) is 13.7. The number of allylic oxidation sites excluding steroid dienone is 4. The van der Waals surface area contributed by atoms with Gasteiger partial charge >= 0.3 is 0 Å². The number of rotatable bonds is 12. The van der Waals surface area contributed by atoms with E-state index in [4.69, 9.17) is 9.97 Å². The maximum absolute atomic E-state index is 11.5. The van der Waals surface area contributed by atoms with Crippen LogP contribution in [0.15, 0.2) is 24.3 Å². The first kappa shape index (κ1) is 33.8. The highest BCUT2D eigenvalue weighted by Gasteiger charge is 2.22. The average molecular weight is 651 g/mol. The quantitative estimate of drug-likeness (QED) is 0.285. The molecule has 0 atom stereocenters. The molecule has 0 spiro atoms. The number of fused-ring (bicyclic) bond motifs is 8. The standard InChI is InChI=1S/C36H38N4O8/c1-17-21(5-9-33(41)42)29-14-27-19(3)22(6-10-34(43)44)30(39-27)15-28-20(4)24(8-12-36(47)48)32(40-28)16-31-23(7-11-35(45)46)18(2)26(38-31)13-25(17)37-29/h13-16,38,40H,5-12H2,1-4H3,(H,41,42)(H,43,44)(H,45,46)(H,47,48)/p-4. The molecule has 0 saturated carbocycles. The minimum Gasteiger partial charge on any atom is -0.550 e. The van der Waals surface area contributed by atoms with Crippen LogP contribution in [0.5, 0.6) is 0 Å². The van der Waals surface area contributed by atoms with E-state index in [9.17, 15) is 39.6 Å². The molecule has 12 nitrogen and oxygen atoms in total. The summed E-state index contributed by atoms with van der Waals surface area (Å²) in [6, 6.07) is 7.20. The lowest BCUT2D eigenvalue weighted by Crippen LogP contribution is -2.22. The van der Waals surface area contributed by atoms with Crippen LogP contribution in [0.1, 0.15) is 97.4 Å². The van der Waals surface area contributed by atoms with Crippen molar-refractivity contribution in [1.29, 1.82) is 0 Å². The zero-order chi connectivity index (χ0) is 34.9. The van der Waals surface area contributed by atoms with Gasteiger partial charge in [-0.2, -0.15) is 0 Å². The minimum atomic E-state index is -1.21. The zero-order valence-corrected chi connectivity index (χ0v) is 27.1. The minimum absolute atomic E-state index is 0.146. The summed E-state index contributed by atoms with van der Waals surface area (Å²) in [5, 5.41) is 45.9. The molecule has 48 heavy (non-hydrogen) atoms. The van der Waals surface area contributed by atoms with Crippen LogP contribution < -0.4 is 20.4 Å². The van der Waals surface area contributed by atoms with Crippen LogP contribution in [0.2, 0.25) is 0 Å². The summed E-state index contributed by atoms with van der Waals surface area (Å²) in [6.07, 6.45) is -0.275. The van der Waals surface area contributed by atoms with E-state index in [1.165, 1.54) is 0 Å². The molecule has 5 rings (SSSR count). The number of aromatic amines is 2. The maximum atomic E-state index is 11.5. The molecule has 0 amide bonds. The Hall–Kier alpha value is -5.52. The number of carboxylic acid groups (broad SMARTS) is 4. The summed E-state index contributed by atoms with van der Waals surface area (Å²) in [6.45, 7) is 7.39. The fourth-order valence-corrected chi connectivity index (χ4v) is 6.40. The summed E-state index contributed by atoms with van der Waals surface area (Å²) < 4.78 is 0. The molecule has 0 aliphatic carbocycles. The topological polar surface area (TPSA) is 218 Å². The van der Waals surface area contributed by atoms with Crippen LogP contribution in [0.3, 0.4) is 0 Å². The lowest BCUT2D eigenvalue weighted by atomic mass is 9.98. The SMILES string of the molecule is CC1=C(CCC(=O)[O-])c2cc3nc(cc4[nH]c(cc5[nH]c(cc1n2)c(C)c5CCC(=O)[O-])c(CCC(=O)[O-])c4C)C(CCC(=O)[O-])=C3C. The van der Waals surface area contributed by atoms with Crippen molar-refractivity contribution in [3.63, 3.8) is 0 Å². The first-order chi connectivity index (χ1) is 22.7. The first-order valence-electron chi connectivity index (χ1n) is 15.7. The van der Waals surface area contributed by atoms with E-state index < -0.39 is 23.9 Å². The van der Waals surface area contributed by atoms with Crippen molar-refractivity contribution < 1.29 is 39.6 Å². The van der Waals surface area contributed by atoms with Crippen LogP contribution in [-0.4, -0.2) is 43.8 Å². The molecule has 3 aromatic heterocycles. The lowest BCUT2D eigenvalue weighted by molar-refractivity contribution is -0.307. The molecular weight excluding hydrogens is 616 g/mol. The monoisotopic (exact) mass is 650 g/mol. The van der Waals surface area contributed by atoms with Gasteiger partial charge in [-0.05, 0) is 148 Å². The molecular formula is C36H34N4O8-4. The van der Waals surface area contributed by atoms with Crippen molar-refractivity contribution in [2.45, 2.75) is 79.1 Å². The van der Waals surface area contributed by atoms with E-state index in [0.29, 0.717) is 56.0 Å². The third kappa shape index (κ3) is 7.07. The van der Waals surface area contributed by atoms with E-state index in [1.807, 2.05) is 39.8 Å². The van der Waals surface area contributed by atoms with Gasteiger partial charge in [-0.15, -0.1) is 0 Å². The Kier molecular flexibility index (Phi) is 9.64. The Morgan fingerprint density at radius 3 is 1.27 bits per heavy atom. The second-order valence-electron chi connectivity index (χ2n) is 12.1. The normalized spacial score (nSPS) is 12.9. The van der Waals surface area contributed by atoms with Crippen molar-refractivity contribution in [3.8, 4) is 0 Å². The molecule has 5 heterocycles. The molecule has 2 N–H and O–H groups in total. The molecule has 2 aliphatic heterocycles. The Balaban J connectivity index is 1.91. The highest BCUT2D eigenvalue weighted by molar-refractivity contribution is 5.96. The second-order valence-corrected chi connectivity index (χ2v) is 12.1. The van der Waals surface area contributed by atoms with Gasteiger partial charge in [0.15, 0.2) is 0 Å². The highest BCUT2D eigenvalue weighted by atomic mass is 16.4. The van der Waals surface area contributed by atoms with Gasteiger partial charge in [0.05, 0.1) is 22.8 Å². The van der Waals surface area contributed by atoms with E-state index >= 15 is 0 Å². The highest BCUT2D eigenvalue weighted by Crippen LogP contribution is 2.38. The fourth-order valence-electron chi connectivity index (χ4n) is 6.40. The van der Waals surface area contributed by atoms with Crippen molar-refractivity contribution >= 4 is 68.2 Å². The number of hydrogen-bond donors (Lipinski definition) is 2. The Morgan fingerprint density at radius 2 is 0.854 bits per heavy atom. The van der Waals surface area contributed by atoms with Gasteiger partial charge in [-0.3, -0.25) is 0 Å². The van der Waals surface area contributed by atoms with E-state index in [2.05, 4.69) is 9.97 Å². The predicted octanol–water partition coefficient (Wildman–Crippen LogP) is 1.22. The molecule has 8 bridgehead atoms. The number of nitrogens with one attached hydrogen (secondary N) is 2. The fraction of sp³-hybridized carbons (Fsp3) is 0.333. The van der Waals surface area contributed by atoms with Crippen LogP contribution in [0, 0.1) is 13.8 Å². The lowest BCUT2D eigenvalue weighted by Gasteiger charge is -2.06. The molecule has 3 aromatic rings. The first-order valence-corrected chi connectivity index (χ1v) is 15.7. The van der Waals surface area contributed by atoms with Gasteiger partial charge in [-0.25, -0.2) is 9.97 Å². The molecule has 0 fully saturated rings. The van der Waals surface area contributed by atoms with Crippen LogP contribution in [0.25, 0.3) is 44.4 Å². The van der Waals surface area contributed by atoms with Crippen molar-refractivity contribution in [3.05, 3.63) is 69.3 Å². The molecule has 0 aromatic carbocycles. The average Bonchev–Trinajstić information content (AvgIpc) is 3.66. The largest absolute Gasteiger partial charge is 0.550 e. The van der Waals surface area contributed by atoms with Gasteiger partial charge < -0.3 is 49.6 Å². The predicted molar refractivity (Wildman–Crippen MR) is 171 cm³/mol. The number of aromatic nitrogens is 4. The van der Waals surface area contributed by atoms with Gasteiger partial charge in [0.2, 0.25) is 0 Å². The van der Waals surface area contributed by atoms with Gasteiger partial charge in [0.1, 0.15) is 0 Å². The van der Waals surface area contributed by atoms with Crippen LogP contribution in [0.4, 0.5) is 0 Å². The van der Waals surface area contributed by atoms with Crippen molar-refractivity contribution in [1.82, 2.24) is 19.9 Å². The number of aliphatic carboxylic acids is 4. The molecule has 2 aliphatic rings. The van der Waals surface area contributed by atoms with Gasteiger partial charge in [0.25, 0.3) is 0 Å². The summed E-state index contributed by atoms with van der Waals surface area (Å²) in [5.41, 5.74) is 10.5. The van der Waals surface area contributed by atoms with Crippen molar-refractivity contribution in [2.24, 2.45) is 0 Å². The number of aryl methyl sites for hydroxylation is 4. The van der Waals surface area contributed by atoms with Crippen LogP contribution >= 0.6 is 0 Å². The van der Waals surface area contributed by atoms with E-state index in [0.717, 1.165) is 33.4 Å². The molecule has 0 saturated heterocycles. The number of H-pyrrole nitrogens is 2. The number of nitrogens with zero attached hydrogens (tertiary/aromatic N) is 2. The molecule has 0 unspecified atom stereocenters. The third-order valence-electron chi connectivity index (χ3n) is 9.12. The summed E-state index contributed by atoms with van der Waals surface area (Å²) >= 11 is 0. The summed E-state index contributed by atoms with van der Waals surface area (Å²) in [4.78, 5) is 62.4. The maximum Gasteiger partial charge on any atom is 0.0694 e. The van der Waals surface area contributed by atoms with E-state index in [-0.39, 0.29) is 51.4 Å². The molecule has 250 valence electrons. The van der Waals surface area contributed by atoms with E-state index in [1.54, 1.807) is 12.1 Å². The third-order valence-corrected chi connectivity index (χ3v) is 9.12. The van der Waals surface area contributed by atoms with Gasteiger partial charge in [0, 0.05) is 45.9 Å². The molecule has 12 heteroatoms. The zero-order valence-electron chi connectivity index (χ0n) is 27.1. The number of carbonyl (C=O) groups excluding carboxylic acids is 4. The number of carbonyl (C=O) groups is 4. The number of carboxylic acids is 4. The summed E-state index contributed by atoms with van der Waals surface area (Å²) in [5.74, 6) is -4.82. The Bertz CT molecular complexity index is 2100. The van der Waals surface area contributed by atoms with Crippen LogP contribution in [-0.2, 0) is 32.0 Å². The molecule has 0 radical (unpaired) electrons. The number of hydrogen-bond acceptors (Lipinski definition) is 10. The smallest absolute Gasteiger partial charge is 0.0694 e.